The first-order valence-electron chi connectivity index (χ1n) is 12.7. The Kier molecular flexibility index (Phi) is 9.30. The van der Waals surface area contributed by atoms with Crippen LogP contribution in [0, 0.1) is 0 Å². The molecule has 0 bridgehead atoms. The molecule has 1 spiro atoms. The molecule has 1 atom stereocenters. The fourth-order valence-corrected chi connectivity index (χ4v) is 5.02. The number of piperazine rings is 1. The van der Waals surface area contributed by atoms with Gasteiger partial charge in [-0.25, -0.2) is 0 Å². The van der Waals surface area contributed by atoms with Crippen LogP contribution in [0.25, 0.3) is 0 Å². The second kappa shape index (κ2) is 12.2. The zero-order valence-corrected chi connectivity index (χ0v) is 20.3. The van der Waals surface area contributed by atoms with E-state index in [1.807, 2.05) is 17.9 Å². The van der Waals surface area contributed by atoms with Crippen LogP contribution in [-0.2, 0) is 20.8 Å². The van der Waals surface area contributed by atoms with E-state index in [9.17, 15) is 14.4 Å². The monoisotopic (exact) mass is 456 g/mol. The molecule has 3 amide bonds. The summed E-state index contributed by atoms with van der Waals surface area (Å²) in [5.74, 6) is 0.123. The maximum Gasteiger partial charge on any atom is 0.246 e. The van der Waals surface area contributed by atoms with Gasteiger partial charge in [-0.3, -0.25) is 14.4 Å². The van der Waals surface area contributed by atoms with E-state index in [2.05, 4.69) is 46.7 Å². The van der Waals surface area contributed by atoms with E-state index >= 15 is 0 Å². The van der Waals surface area contributed by atoms with Gasteiger partial charge in [0.2, 0.25) is 17.7 Å². The number of carbonyl (C=O) groups is 3. The highest BCUT2D eigenvalue weighted by Gasteiger charge is 2.52. The van der Waals surface area contributed by atoms with E-state index in [1.54, 1.807) is 0 Å². The Morgan fingerprint density at radius 1 is 1.09 bits per heavy atom. The Hall–Kier alpha value is -2.41. The summed E-state index contributed by atoms with van der Waals surface area (Å²) in [6.45, 7) is 7.76. The van der Waals surface area contributed by atoms with Gasteiger partial charge in [0.25, 0.3) is 0 Å². The van der Waals surface area contributed by atoms with Crippen molar-refractivity contribution in [1.82, 2.24) is 20.4 Å². The van der Waals surface area contributed by atoms with Crippen LogP contribution in [0.2, 0.25) is 0 Å². The van der Waals surface area contributed by atoms with Gasteiger partial charge in [-0.2, -0.15) is 0 Å². The number of amides is 3. The highest BCUT2D eigenvalue weighted by molar-refractivity contribution is 6.00. The average molecular weight is 457 g/mol. The molecule has 0 saturated carbocycles. The first-order valence-corrected chi connectivity index (χ1v) is 12.7. The van der Waals surface area contributed by atoms with E-state index < -0.39 is 11.6 Å². The molecule has 2 aliphatic rings. The second-order valence-corrected chi connectivity index (χ2v) is 9.32. The average Bonchev–Trinajstić information content (AvgIpc) is 2.84. The van der Waals surface area contributed by atoms with Gasteiger partial charge < -0.3 is 20.4 Å². The summed E-state index contributed by atoms with van der Waals surface area (Å²) in [5, 5.41) is 5.93. The molecule has 2 N–H and O–H groups in total. The molecule has 2 saturated heterocycles. The van der Waals surface area contributed by atoms with Gasteiger partial charge in [-0.05, 0) is 50.5 Å². The third kappa shape index (κ3) is 6.34. The van der Waals surface area contributed by atoms with Gasteiger partial charge >= 0.3 is 0 Å². The number of piperidine rings is 1. The lowest BCUT2D eigenvalue weighted by atomic mass is 9.81. The van der Waals surface area contributed by atoms with Crippen LogP contribution in [0.5, 0.6) is 0 Å². The highest BCUT2D eigenvalue weighted by atomic mass is 16.2. The predicted octanol–water partition coefficient (Wildman–Crippen LogP) is 2.50. The largest absolute Gasteiger partial charge is 0.356 e. The van der Waals surface area contributed by atoms with Crippen LogP contribution in [0.4, 0.5) is 0 Å². The molecule has 0 unspecified atom stereocenters. The summed E-state index contributed by atoms with van der Waals surface area (Å²) in [4.78, 5) is 42.4. The Labute approximate surface area is 198 Å². The van der Waals surface area contributed by atoms with Crippen molar-refractivity contribution < 1.29 is 14.4 Å². The number of hydrogen-bond acceptors (Lipinski definition) is 4. The van der Waals surface area contributed by atoms with E-state index in [4.69, 9.17) is 0 Å². The van der Waals surface area contributed by atoms with Gasteiger partial charge in [-0.1, -0.05) is 44.2 Å². The summed E-state index contributed by atoms with van der Waals surface area (Å²) in [5.41, 5.74) is 0.621. The number of nitrogens with zero attached hydrogens (tertiary/aromatic N) is 2. The smallest absolute Gasteiger partial charge is 0.246 e. The molecule has 1 aromatic rings. The molecule has 2 aliphatic heterocycles. The first-order chi connectivity index (χ1) is 16.0. The Morgan fingerprint density at radius 3 is 2.48 bits per heavy atom. The first kappa shape index (κ1) is 25.2. The number of likely N-dealkylation sites (tertiary alicyclic amines) is 1. The summed E-state index contributed by atoms with van der Waals surface area (Å²) < 4.78 is 0. The van der Waals surface area contributed by atoms with Crippen LogP contribution < -0.4 is 10.6 Å². The van der Waals surface area contributed by atoms with E-state index in [0.29, 0.717) is 38.8 Å². The van der Waals surface area contributed by atoms with Crippen molar-refractivity contribution in [3.8, 4) is 0 Å². The SMILES string of the molecule is CCCN1C(=O)[C@H](CCCCNC(=O)CC)NC(=O)C12CCN(CCc1ccccc1)CC2. The number of unbranched alkanes of at least 4 members (excludes halogenated alkanes) is 1. The number of hydrogen-bond donors (Lipinski definition) is 2. The predicted molar refractivity (Wildman–Crippen MR) is 130 cm³/mol. The number of rotatable bonds is 11. The molecule has 2 heterocycles. The second-order valence-electron chi connectivity index (χ2n) is 9.32. The van der Waals surface area contributed by atoms with Crippen LogP contribution >= 0.6 is 0 Å². The third-order valence-electron chi connectivity index (χ3n) is 7.06. The molecule has 7 heteroatoms. The minimum atomic E-state index is -0.706. The van der Waals surface area contributed by atoms with Gasteiger partial charge in [-0.15, -0.1) is 0 Å². The maximum atomic E-state index is 13.4. The molecule has 2 fully saturated rings. The number of carbonyl (C=O) groups excluding carboxylic acids is 3. The highest BCUT2D eigenvalue weighted by Crippen LogP contribution is 2.34. The molecule has 3 rings (SSSR count). The lowest BCUT2D eigenvalue weighted by Crippen LogP contribution is -2.72. The molecular formula is C26H40N4O3. The normalized spacial score (nSPS) is 20.7. The Bertz CT molecular complexity index is 790. The summed E-state index contributed by atoms with van der Waals surface area (Å²) in [7, 11) is 0. The maximum absolute atomic E-state index is 13.4. The van der Waals surface area contributed by atoms with Crippen LogP contribution in [0.15, 0.2) is 30.3 Å². The van der Waals surface area contributed by atoms with Crippen molar-refractivity contribution in [3.63, 3.8) is 0 Å². The summed E-state index contributed by atoms with van der Waals surface area (Å²) >= 11 is 0. The van der Waals surface area contributed by atoms with E-state index in [0.717, 1.165) is 45.3 Å². The van der Waals surface area contributed by atoms with Crippen molar-refractivity contribution >= 4 is 17.7 Å². The fraction of sp³-hybridized carbons (Fsp3) is 0.654. The van der Waals surface area contributed by atoms with Crippen LogP contribution in [-0.4, -0.2) is 71.8 Å². The summed E-state index contributed by atoms with van der Waals surface area (Å²) in [6.07, 6.45) is 5.92. The van der Waals surface area contributed by atoms with E-state index in [-0.39, 0.29) is 17.7 Å². The minimum Gasteiger partial charge on any atom is -0.356 e. The molecule has 0 radical (unpaired) electrons. The molecular weight excluding hydrogens is 416 g/mol. The van der Waals surface area contributed by atoms with Gasteiger partial charge in [0, 0.05) is 39.1 Å². The van der Waals surface area contributed by atoms with Crippen molar-refractivity contribution in [2.24, 2.45) is 0 Å². The van der Waals surface area contributed by atoms with Crippen LogP contribution in [0.3, 0.4) is 0 Å². The zero-order chi connectivity index (χ0) is 23.7. The molecule has 33 heavy (non-hydrogen) atoms. The van der Waals surface area contributed by atoms with Crippen molar-refractivity contribution in [3.05, 3.63) is 35.9 Å². The molecule has 0 aromatic heterocycles. The lowest BCUT2D eigenvalue weighted by Gasteiger charge is -2.51. The van der Waals surface area contributed by atoms with Crippen molar-refractivity contribution in [2.45, 2.75) is 76.8 Å². The number of benzene rings is 1. The fourth-order valence-electron chi connectivity index (χ4n) is 5.02. The van der Waals surface area contributed by atoms with Gasteiger partial charge in [0.05, 0.1) is 0 Å². The standard InChI is InChI=1S/C26H40N4O3/c1-3-17-30-24(32)22(12-8-9-16-27-23(31)4-2)28-25(33)26(30)14-19-29(20-15-26)18-13-21-10-6-5-7-11-21/h5-7,10-11,22H,3-4,8-9,12-20H2,1-2H3,(H,27,31)(H,28,33)/t22-/m0/s1. The van der Waals surface area contributed by atoms with E-state index in [1.165, 1.54) is 5.56 Å². The van der Waals surface area contributed by atoms with Gasteiger partial charge in [0.15, 0.2) is 0 Å². The minimum absolute atomic E-state index is 0.0162. The van der Waals surface area contributed by atoms with Crippen molar-refractivity contribution in [2.75, 3.05) is 32.7 Å². The zero-order valence-electron chi connectivity index (χ0n) is 20.3. The van der Waals surface area contributed by atoms with Crippen LogP contribution in [0.1, 0.15) is 64.4 Å². The summed E-state index contributed by atoms with van der Waals surface area (Å²) in [6, 6.07) is 10.0. The Morgan fingerprint density at radius 2 is 1.82 bits per heavy atom. The molecule has 0 aliphatic carbocycles. The molecule has 7 nitrogen and oxygen atoms in total. The van der Waals surface area contributed by atoms with Crippen molar-refractivity contribution in [1.29, 1.82) is 0 Å². The topological polar surface area (TPSA) is 81.8 Å². The third-order valence-corrected chi connectivity index (χ3v) is 7.06. The van der Waals surface area contributed by atoms with Gasteiger partial charge in [0.1, 0.15) is 11.6 Å². The number of nitrogens with one attached hydrogen (secondary N) is 2. The molecule has 182 valence electrons. The quantitative estimate of drug-likeness (QED) is 0.502. The Balaban J connectivity index is 1.54. The lowest BCUT2D eigenvalue weighted by molar-refractivity contribution is -0.161. The molecule has 1 aromatic carbocycles.